The summed E-state index contributed by atoms with van der Waals surface area (Å²) in [5, 5.41) is 0. The van der Waals surface area contributed by atoms with Gasteiger partial charge in [-0.2, -0.15) is 0 Å². The number of piperidine rings is 1. The summed E-state index contributed by atoms with van der Waals surface area (Å²) in [6.45, 7) is 3.98. The molecular weight excluding hydrogens is 278 g/mol. The lowest BCUT2D eigenvalue weighted by atomic mass is 9.99. The van der Waals surface area contributed by atoms with E-state index in [4.69, 9.17) is 5.73 Å². The van der Waals surface area contributed by atoms with E-state index in [0.717, 1.165) is 29.8 Å². The van der Waals surface area contributed by atoms with Crippen molar-refractivity contribution in [2.75, 3.05) is 18.0 Å². The van der Waals surface area contributed by atoms with Gasteiger partial charge in [-0.1, -0.05) is 0 Å². The zero-order valence-corrected chi connectivity index (χ0v) is 11.9. The molecule has 1 saturated heterocycles. The van der Waals surface area contributed by atoms with E-state index in [1.54, 1.807) is 0 Å². The predicted octanol–water partition coefficient (Wildman–Crippen LogP) is 2.86. The molecule has 1 aromatic rings. The zero-order valence-electron chi connectivity index (χ0n) is 10.3. The van der Waals surface area contributed by atoms with Crippen LogP contribution in [0.25, 0.3) is 0 Å². The molecular formula is C13H20BrN3. The van der Waals surface area contributed by atoms with E-state index in [1.165, 1.54) is 24.8 Å². The molecule has 3 nitrogen and oxygen atoms in total. The van der Waals surface area contributed by atoms with Crippen molar-refractivity contribution in [2.45, 2.75) is 38.6 Å². The van der Waals surface area contributed by atoms with Crippen molar-refractivity contribution in [3.8, 4) is 0 Å². The smallest absolute Gasteiger partial charge is 0.129 e. The summed E-state index contributed by atoms with van der Waals surface area (Å²) in [7, 11) is 0. The number of rotatable bonds is 3. The van der Waals surface area contributed by atoms with Crippen molar-refractivity contribution in [3.05, 3.63) is 22.3 Å². The van der Waals surface area contributed by atoms with E-state index < -0.39 is 0 Å². The fourth-order valence-corrected chi connectivity index (χ4v) is 2.69. The summed E-state index contributed by atoms with van der Waals surface area (Å²) < 4.78 is 1.08. The summed E-state index contributed by atoms with van der Waals surface area (Å²) in [6.07, 6.45) is 6.79. The molecule has 0 bridgehead atoms. The van der Waals surface area contributed by atoms with E-state index in [0.29, 0.717) is 6.04 Å². The van der Waals surface area contributed by atoms with Crippen LogP contribution in [0.3, 0.4) is 0 Å². The number of pyridine rings is 1. The van der Waals surface area contributed by atoms with Crippen molar-refractivity contribution in [2.24, 2.45) is 5.73 Å². The summed E-state index contributed by atoms with van der Waals surface area (Å²) >= 11 is 3.50. The third-order valence-electron chi connectivity index (χ3n) is 3.45. The van der Waals surface area contributed by atoms with Crippen molar-refractivity contribution in [3.63, 3.8) is 0 Å². The molecule has 0 aliphatic carbocycles. The van der Waals surface area contributed by atoms with Gasteiger partial charge in [0.05, 0.1) is 0 Å². The van der Waals surface area contributed by atoms with Crippen molar-refractivity contribution >= 4 is 21.7 Å². The van der Waals surface area contributed by atoms with E-state index in [2.05, 4.69) is 38.8 Å². The molecule has 17 heavy (non-hydrogen) atoms. The van der Waals surface area contributed by atoms with Crippen molar-refractivity contribution < 1.29 is 0 Å². The van der Waals surface area contributed by atoms with Crippen LogP contribution in [-0.4, -0.2) is 24.1 Å². The normalized spacial score (nSPS) is 20.6. The Morgan fingerprint density at radius 3 is 3.06 bits per heavy atom. The molecule has 0 radical (unpaired) electrons. The van der Waals surface area contributed by atoms with Crippen LogP contribution >= 0.6 is 15.9 Å². The molecule has 2 rings (SSSR count). The Kier molecular flexibility index (Phi) is 4.40. The number of aryl methyl sites for hydroxylation is 1. The molecule has 1 unspecified atom stereocenters. The van der Waals surface area contributed by atoms with Crippen LogP contribution in [-0.2, 0) is 0 Å². The van der Waals surface area contributed by atoms with Gasteiger partial charge in [0.25, 0.3) is 0 Å². The van der Waals surface area contributed by atoms with Crippen LogP contribution in [0.5, 0.6) is 0 Å². The Labute approximate surface area is 112 Å². The second kappa shape index (κ2) is 5.83. The molecule has 0 amide bonds. The fourth-order valence-electron chi connectivity index (χ4n) is 2.48. The lowest BCUT2D eigenvalue weighted by molar-refractivity contribution is 0.439. The molecule has 4 heteroatoms. The molecule has 0 spiro atoms. The van der Waals surface area contributed by atoms with E-state index in [9.17, 15) is 0 Å². The first-order valence-electron chi connectivity index (χ1n) is 6.31. The van der Waals surface area contributed by atoms with Crippen LogP contribution in [0.2, 0.25) is 0 Å². The number of halogens is 1. The SMILES string of the molecule is Cc1cc(N2CCCCC2CCN)ncc1Br. The first kappa shape index (κ1) is 12.8. The molecule has 1 atom stereocenters. The molecule has 0 saturated carbocycles. The minimum Gasteiger partial charge on any atom is -0.354 e. The third kappa shape index (κ3) is 2.99. The molecule has 1 fully saturated rings. The molecule has 1 aromatic heterocycles. The van der Waals surface area contributed by atoms with Gasteiger partial charge in [0.2, 0.25) is 0 Å². The Morgan fingerprint density at radius 2 is 2.35 bits per heavy atom. The second-order valence-electron chi connectivity index (χ2n) is 4.71. The Balaban J connectivity index is 2.20. The molecule has 1 aliphatic heterocycles. The number of nitrogens with two attached hydrogens (primary N) is 1. The number of aromatic nitrogens is 1. The van der Waals surface area contributed by atoms with Crippen LogP contribution in [0, 0.1) is 6.92 Å². The second-order valence-corrected chi connectivity index (χ2v) is 5.57. The minimum absolute atomic E-state index is 0.571. The maximum absolute atomic E-state index is 5.70. The van der Waals surface area contributed by atoms with Crippen molar-refractivity contribution in [1.82, 2.24) is 4.98 Å². The summed E-state index contributed by atoms with van der Waals surface area (Å²) in [4.78, 5) is 6.96. The highest BCUT2D eigenvalue weighted by atomic mass is 79.9. The number of nitrogens with zero attached hydrogens (tertiary/aromatic N) is 2. The topological polar surface area (TPSA) is 42.1 Å². The van der Waals surface area contributed by atoms with Crippen LogP contribution in [0.15, 0.2) is 16.7 Å². The molecule has 94 valence electrons. The number of anilines is 1. The predicted molar refractivity (Wildman–Crippen MR) is 75.3 cm³/mol. The lowest BCUT2D eigenvalue weighted by Crippen LogP contribution is -2.41. The van der Waals surface area contributed by atoms with Gasteiger partial charge in [0.15, 0.2) is 0 Å². The van der Waals surface area contributed by atoms with E-state index in [1.807, 2.05) is 6.20 Å². The zero-order chi connectivity index (χ0) is 12.3. The number of hydrogen-bond acceptors (Lipinski definition) is 3. The van der Waals surface area contributed by atoms with Gasteiger partial charge in [-0.25, -0.2) is 4.98 Å². The third-order valence-corrected chi connectivity index (χ3v) is 4.28. The van der Waals surface area contributed by atoms with Gasteiger partial charge in [0, 0.05) is 23.3 Å². The first-order valence-corrected chi connectivity index (χ1v) is 7.10. The average molecular weight is 298 g/mol. The molecule has 2 heterocycles. The quantitative estimate of drug-likeness (QED) is 0.933. The maximum atomic E-state index is 5.70. The summed E-state index contributed by atoms with van der Waals surface area (Å²) in [5.41, 5.74) is 6.94. The fraction of sp³-hybridized carbons (Fsp3) is 0.615. The van der Waals surface area contributed by atoms with E-state index >= 15 is 0 Å². The number of hydrogen-bond donors (Lipinski definition) is 1. The summed E-state index contributed by atoms with van der Waals surface area (Å²) in [6, 6.07) is 2.74. The van der Waals surface area contributed by atoms with Gasteiger partial charge in [0.1, 0.15) is 5.82 Å². The Bertz CT molecular complexity index is 379. The molecule has 1 aliphatic rings. The highest BCUT2D eigenvalue weighted by molar-refractivity contribution is 9.10. The average Bonchev–Trinajstić information content (AvgIpc) is 2.34. The van der Waals surface area contributed by atoms with Crippen LogP contribution in [0.4, 0.5) is 5.82 Å². The van der Waals surface area contributed by atoms with Crippen LogP contribution in [0.1, 0.15) is 31.2 Å². The first-order chi connectivity index (χ1) is 8.22. The Hall–Kier alpha value is -0.610. The maximum Gasteiger partial charge on any atom is 0.129 e. The van der Waals surface area contributed by atoms with Gasteiger partial charge < -0.3 is 10.6 Å². The summed E-state index contributed by atoms with van der Waals surface area (Å²) in [5.74, 6) is 1.10. The monoisotopic (exact) mass is 297 g/mol. The highest BCUT2D eigenvalue weighted by Gasteiger charge is 2.22. The largest absolute Gasteiger partial charge is 0.354 e. The van der Waals surface area contributed by atoms with Crippen LogP contribution < -0.4 is 10.6 Å². The van der Waals surface area contributed by atoms with Gasteiger partial charge >= 0.3 is 0 Å². The van der Waals surface area contributed by atoms with Gasteiger partial charge in [-0.3, -0.25) is 0 Å². The van der Waals surface area contributed by atoms with E-state index in [-0.39, 0.29) is 0 Å². The van der Waals surface area contributed by atoms with Gasteiger partial charge in [-0.05, 0) is 66.7 Å². The molecule has 0 aromatic carbocycles. The Morgan fingerprint density at radius 1 is 1.53 bits per heavy atom. The lowest BCUT2D eigenvalue weighted by Gasteiger charge is -2.36. The highest BCUT2D eigenvalue weighted by Crippen LogP contribution is 2.27. The van der Waals surface area contributed by atoms with Crippen molar-refractivity contribution in [1.29, 1.82) is 0 Å². The minimum atomic E-state index is 0.571. The standard InChI is InChI=1S/C13H20BrN3/c1-10-8-13(16-9-12(10)14)17-7-3-2-4-11(17)5-6-15/h8-9,11H,2-7,15H2,1H3. The van der Waals surface area contributed by atoms with Gasteiger partial charge in [-0.15, -0.1) is 0 Å². The molecule has 2 N–H and O–H groups in total.